The van der Waals surface area contributed by atoms with Crippen LogP contribution in [0.1, 0.15) is 12.0 Å². The van der Waals surface area contributed by atoms with Crippen molar-refractivity contribution in [1.82, 2.24) is 0 Å². The minimum Gasteiger partial charge on any atom is -0.481 e. The molecule has 0 heterocycles. The fourth-order valence-electron chi connectivity index (χ4n) is 3.31. The van der Waals surface area contributed by atoms with Gasteiger partial charge in [-0.2, -0.15) is 0 Å². The van der Waals surface area contributed by atoms with Gasteiger partial charge in [-0.1, -0.05) is 42.5 Å². The van der Waals surface area contributed by atoms with Gasteiger partial charge in [0.15, 0.2) is 0 Å². The molecule has 0 amide bonds. The number of allylic oxidation sites excluding steroid dienone is 2. The van der Waals surface area contributed by atoms with Crippen LogP contribution in [-0.2, 0) is 20.9 Å². The summed E-state index contributed by atoms with van der Waals surface area (Å²) in [5, 5.41) is 9.30. The molecule has 1 aromatic carbocycles. The van der Waals surface area contributed by atoms with Crippen molar-refractivity contribution in [2.24, 2.45) is 23.7 Å². The van der Waals surface area contributed by atoms with Gasteiger partial charge in [-0.05, 0) is 23.8 Å². The largest absolute Gasteiger partial charge is 0.481 e. The van der Waals surface area contributed by atoms with Crippen molar-refractivity contribution in [2.75, 3.05) is 0 Å². The molecule has 3 rings (SSSR count). The molecule has 4 heteroatoms. The number of carboxylic acid groups (broad SMARTS) is 1. The SMILES string of the molecule is O=C(O)[C@@H]1[C@@H](C(=O)OCc2ccccc2)[C@H]2C=C[C@H]1C2. The third-order valence-electron chi connectivity index (χ3n) is 4.24. The van der Waals surface area contributed by atoms with Crippen LogP contribution in [0.25, 0.3) is 0 Å². The molecule has 104 valence electrons. The van der Waals surface area contributed by atoms with Crippen molar-refractivity contribution in [3.63, 3.8) is 0 Å². The van der Waals surface area contributed by atoms with Crippen LogP contribution in [0.15, 0.2) is 42.5 Å². The second kappa shape index (κ2) is 5.12. The minimum absolute atomic E-state index is 0.0179. The van der Waals surface area contributed by atoms with E-state index in [4.69, 9.17) is 4.74 Å². The number of hydrogen-bond acceptors (Lipinski definition) is 3. The number of rotatable bonds is 4. The molecule has 1 saturated carbocycles. The Morgan fingerprint density at radius 3 is 2.40 bits per heavy atom. The summed E-state index contributed by atoms with van der Waals surface area (Å²) >= 11 is 0. The molecule has 4 nitrogen and oxygen atoms in total. The monoisotopic (exact) mass is 272 g/mol. The number of hydrogen-bond donors (Lipinski definition) is 1. The first kappa shape index (κ1) is 12.9. The molecule has 0 saturated heterocycles. The van der Waals surface area contributed by atoms with Gasteiger partial charge in [-0.3, -0.25) is 9.59 Å². The molecular weight excluding hydrogens is 256 g/mol. The highest BCUT2D eigenvalue weighted by molar-refractivity contribution is 5.83. The molecule has 1 aromatic rings. The summed E-state index contributed by atoms with van der Waals surface area (Å²) in [6, 6.07) is 9.41. The van der Waals surface area contributed by atoms with Crippen molar-refractivity contribution in [2.45, 2.75) is 13.0 Å². The van der Waals surface area contributed by atoms with Gasteiger partial charge in [0, 0.05) is 0 Å². The number of ether oxygens (including phenoxy) is 1. The summed E-state index contributed by atoms with van der Waals surface area (Å²) in [5.41, 5.74) is 0.909. The Balaban J connectivity index is 1.68. The molecular formula is C16H16O4. The highest BCUT2D eigenvalue weighted by Gasteiger charge is 2.52. The summed E-state index contributed by atoms with van der Waals surface area (Å²) < 4.78 is 5.31. The molecule has 4 atom stereocenters. The van der Waals surface area contributed by atoms with Crippen LogP contribution in [0, 0.1) is 23.7 Å². The zero-order valence-electron chi connectivity index (χ0n) is 10.9. The molecule has 2 bridgehead atoms. The van der Waals surface area contributed by atoms with E-state index in [1.165, 1.54) is 0 Å². The Morgan fingerprint density at radius 2 is 1.75 bits per heavy atom. The predicted molar refractivity (Wildman–Crippen MR) is 71.6 cm³/mol. The van der Waals surface area contributed by atoms with E-state index in [2.05, 4.69) is 0 Å². The lowest BCUT2D eigenvalue weighted by atomic mass is 9.83. The van der Waals surface area contributed by atoms with E-state index in [1.807, 2.05) is 42.5 Å². The molecule has 2 aliphatic carbocycles. The van der Waals surface area contributed by atoms with E-state index in [-0.39, 0.29) is 18.4 Å². The third-order valence-corrected chi connectivity index (χ3v) is 4.24. The van der Waals surface area contributed by atoms with Gasteiger partial charge in [0.2, 0.25) is 0 Å². The van der Waals surface area contributed by atoms with Crippen molar-refractivity contribution in [3.05, 3.63) is 48.0 Å². The highest BCUT2D eigenvalue weighted by atomic mass is 16.5. The molecule has 0 aromatic heterocycles. The number of esters is 1. The summed E-state index contributed by atoms with van der Waals surface area (Å²) in [6.07, 6.45) is 4.63. The van der Waals surface area contributed by atoms with Crippen LogP contribution >= 0.6 is 0 Å². The van der Waals surface area contributed by atoms with Gasteiger partial charge in [-0.25, -0.2) is 0 Å². The maximum atomic E-state index is 12.2. The number of benzene rings is 1. The normalized spacial score (nSPS) is 30.4. The summed E-state index contributed by atoms with van der Waals surface area (Å²) in [7, 11) is 0. The van der Waals surface area contributed by atoms with E-state index in [9.17, 15) is 14.7 Å². The fraction of sp³-hybridized carbons (Fsp3) is 0.375. The first-order valence-corrected chi connectivity index (χ1v) is 6.78. The van der Waals surface area contributed by atoms with Gasteiger partial charge in [0.1, 0.15) is 6.61 Å². The molecule has 0 aliphatic heterocycles. The van der Waals surface area contributed by atoms with E-state index in [1.54, 1.807) is 0 Å². The maximum Gasteiger partial charge on any atom is 0.310 e. The second-order valence-corrected chi connectivity index (χ2v) is 5.43. The van der Waals surface area contributed by atoms with E-state index >= 15 is 0 Å². The molecule has 0 radical (unpaired) electrons. The summed E-state index contributed by atoms with van der Waals surface area (Å²) in [6.45, 7) is 0.198. The van der Waals surface area contributed by atoms with Crippen LogP contribution in [0.5, 0.6) is 0 Å². The summed E-state index contributed by atoms with van der Waals surface area (Å²) in [4.78, 5) is 23.5. The number of aliphatic carboxylic acids is 1. The van der Waals surface area contributed by atoms with E-state index in [0.717, 1.165) is 12.0 Å². The van der Waals surface area contributed by atoms with Gasteiger partial charge in [0.05, 0.1) is 11.8 Å². The molecule has 2 aliphatic rings. The molecule has 0 unspecified atom stereocenters. The lowest BCUT2D eigenvalue weighted by Gasteiger charge is -2.23. The first-order valence-electron chi connectivity index (χ1n) is 6.78. The van der Waals surface area contributed by atoms with Gasteiger partial charge >= 0.3 is 11.9 Å². The second-order valence-electron chi connectivity index (χ2n) is 5.43. The van der Waals surface area contributed by atoms with Crippen LogP contribution in [0.4, 0.5) is 0 Å². The standard InChI is InChI=1S/C16H16O4/c17-15(18)13-11-6-7-12(8-11)14(13)16(19)20-9-10-4-2-1-3-5-10/h1-7,11-14H,8-9H2,(H,17,18)/t11-,12-,13-,14-/m0/s1. The molecule has 1 N–H and O–H groups in total. The lowest BCUT2D eigenvalue weighted by Crippen LogP contribution is -2.34. The first-order chi connectivity index (χ1) is 9.66. The maximum absolute atomic E-state index is 12.2. The van der Waals surface area contributed by atoms with E-state index in [0.29, 0.717) is 0 Å². The zero-order chi connectivity index (χ0) is 14.1. The average molecular weight is 272 g/mol. The van der Waals surface area contributed by atoms with Crippen LogP contribution in [0.2, 0.25) is 0 Å². The lowest BCUT2D eigenvalue weighted by molar-refractivity contribution is -0.159. The Bertz CT molecular complexity index is 549. The molecule has 1 fully saturated rings. The van der Waals surface area contributed by atoms with Crippen LogP contribution in [-0.4, -0.2) is 17.0 Å². The number of carbonyl (C=O) groups is 2. The van der Waals surface area contributed by atoms with Crippen molar-refractivity contribution >= 4 is 11.9 Å². The Hall–Kier alpha value is -2.10. The third kappa shape index (κ3) is 2.22. The quantitative estimate of drug-likeness (QED) is 0.674. The highest BCUT2D eigenvalue weighted by Crippen LogP contribution is 2.48. The van der Waals surface area contributed by atoms with Gasteiger partial charge in [0.25, 0.3) is 0 Å². The fourth-order valence-corrected chi connectivity index (χ4v) is 3.31. The van der Waals surface area contributed by atoms with Gasteiger partial charge in [-0.15, -0.1) is 0 Å². The number of fused-ring (bicyclic) bond motifs is 2. The predicted octanol–water partition coefficient (Wildman–Crippen LogP) is 2.25. The van der Waals surface area contributed by atoms with E-state index < -0.39 is 23.8 Å². The van der Waals surface area contributed by atoms with Crippen LogP contribution < -0.4 is 0 Å². The Morgan fingerprint density at radius 1 is 1.10 bits per heavy atom. The van der Waals surface area contributed by atoms with Crippen LogP contribution in [0.3, 0.4) is 0 Å². The van der Waals surface area contributed by atoms with Crippen molar-refractivity contribution in [1.29, 1.82) is 0 Å². The smallest absolute Gasteiger partial charge is 0.310 e. The zero-order valence-corrected chi connectivity index (χ0v) is 10.9. The van der Waals surface area contributed by atoms with Gasteiger partial charge < -0.3 is 9.84 Å². The number of carboxylic acids is 1. The minimum atomic E-state index is -0.900. The average Bonchev–Trinajstić information content (AvgIpc) is 3.06. The van der Waals surface area contributed by atoms with Crippen molar-refractivity contribution < 1.29 is 19.4 Å². The molecule has 20 heavy (non-hydrogen) atoms. The summed E-state index contributed by atoms with van der Waals surface area (Å²) in [5.74, 6) is -2.46. The molecule has 0 spiro atoms. The topological polar surface area (TPSA) is 63.6 Å². The number of carbonyl (C=O) groups excluding carboxylic acids is 1. The Labute approximate surface area is 117 Å². The Kier molecular flexibility index (Phi) is 3.30. The van der Waals surface area contributed by atoms with Crippen molar-refractivity contribution in [3.8, 4) is 0 Å².